The lowest BCUT2D eigenvalue weighted by Crippen LogP contribution is -2.13. The van der Waals surface area contributed by atoms with Crippen molar-refractivity contribution in [3.05, 3.63) is 101 Å². The summed E-state index contributed by atoms with van der Waals surface area (Å²) in [6.45, 7) is 0. The Morgan fingerprint density at radius 3 is 2.21 bits per heavy atom. The second kappa shape index (κ2) is 7.55. The minimum absolute atomic E-state index is 0.190. The van der Waals surface area contributed by atoms with Crippen molar-refractivity contribution in [2.75, 3.05) is 5.32 Å². The normalized spacial score (nSPS) is 10.7. The molecular formula is C22H13F2N3O2. The smallest absolute Gasteiger partial charge is 0.255 e. The van der Waals surface area contributed by atoms with Crippen molar-refractivity contribution < 1.29 is 18.4 Å². The van der Waals surface area contributed by atoms with Gasteiger partial charge in [0.05, 0.1) is 16.6 Å². The number of amides is 1. The van der Waals surface area contributed by atoms with E-state index in [1.165, 1.54) is 42.7 Å². The van der Waals surface area contributed by atoms with Crippen LogP contribution in [0.3, 0.4) is 0 Å². The minimum Gasteiger partial charge on any atom is -0.322 e. The van der Waals surface area contributed by atoms with E-state index in [4.69, 9.17) is 0 Å². The van der Waals surface area contributed by atoms with E-state index in [2.05, 4.69) is 15.3 Å². The monoisotopic (exact) mass is 389 g/mol. The summed E-state index contributed by atoms with van der Waals surface area (Å²) in [5.74, 6) is -2.23. The van der Waals surface area contributed by atoms with Gasteiger partial charge in [-0.05, 0) is 60.7 Å². The molecule has 0 bridgehead atoms. The van der Waals surface area contributed by atoms with E-state index in [-0.39, 0.29) is 22.4 Å². The molecule has 0 aliphatic rings. The Balaban J connectivity index is 1.62. The number of hydrogen-bond donors (Lipinski definition) is 1. The number of nitrogens with one attached hydrogen (secondary N) is 1. The first-order valence-corrected chi connectivity index (χ1v) is 8.63. The van der Waals surface area contributed by atoms with Gasteiger partial charge in [0.1, 0.15) is 11.6 Å². The van der Waals surface area contributed by atoms with Crippen molar-refractivity contribution in [2.24, 2.45) is 0 Å². The van der Waals surface area contributed by atoms with Crippen molar-refractivity contribution in [1.82, 2.24) is 9.97 Å². The van der Waals surface area contributed by atoms with Crippen LogP contribution in [0.5, 0.6) is 0 Å². The highest BCUT2D eigenvalue weighted by Gasteiger charge is 2.17. The molecule has 4 rings (SSSR count). The summed E-state index contributed by atoms with van der Waals surface area (Å²) in [4.78, 5) is 33.4. The summed E-state index contributed by atoms with van der Waals surface area (Å²) in [6.07, 6.45) is 3.04. The number of carbonyl (C=O) groups excluding carboxylic acids is 2. The quantitative estimate of drug-likeness (QED) is 0.526. The maximum atomic E-state index is 14.3. The minimum atomic E-state index is -0.714. The molecule has 0 saturated carbocycles. The summed E-state index contributed by atoms with van der Waals surface area (Å²) < 4.78 is 27.3. The summed E-state index contributed by atoms with van der Waals surface area (Å²) in [6, 6.07) is 13.4. The van der Waals surface area contributed by atoms with Crippen molar-refractivity contribution in [1.29, 1.82) is 0 Å². The van der Waals surface area contributed by atoms with E-state index < -0.39 is 23.3 Å². The van der Waals surface area contributed by atoms with Crippen LogP contribution >= 0.6 is 0 Å². The molecule has 1 heterocycles. The fourth-order valence-corrected chi connectivity index (χ4v) is 2.84. The van der Waals surface area contributed by atoms with Gasteiger partial charge in [-0.2, -0.15) is 0 Å². The second-order valence-corrected chi connectivity index (χ2v) is 6.24. The molecule has 0 atom stereocenters. The fourth-order valence-electron chi connectivity index (χ4n) is 2.84. The molecule has 3 aromatic carbocycles. The number of fused-ring (bicyclic) bond motifs is 1. The highest BCUT2D eigenvalue weighted by Crippen LogP contribution is 2.21. The number of rotatable bonds is 4. The van der Waals surface area contributed by atoms with Crippen LogP contribution in [0.1, 0.15) is 26.3 Å². The number of hydrogen-bond acceptors (Lipinski definition) is 4. The Morgan fingerprint density at radius 2 is 1.45 bits per heavy atom. The van der Waals surface area contributed by atoms with Gasteiger partial charge in [-0.15, -0.1) is 0 Å². The summed E-state index contributed by atoms with van der Waals surface area (Å²) in [5.41, 5.74) is 1.66. The molecule has 0 unspecified atom stereocenters. The van der Waals surface area contributed by atoms with Crippen LogP contribution < -0.4 is 5.32 Å². The van der Waals surface area contributed by atoms with Gasteiger partial charge in [0, 0.05) is 29.2 Å². The SMILES string of the molecule is O=C(Nc1ccc(F)c(C(=O)c2ccc3nccnc3c2)c1)c1ccc(F)cc1. The molecule has 0 spiro atoms. The fraction of sp³-hybridized carbons (Fsp3) is 0. The van der Waals surface area contributed by atoms with Gasteiger partial charge < -0.3 is 5.32 Å². The van der Waals surface area contributed by atoms with Gasteiger partial charge in [0.15, 0.2) is 5.78 Å². The number of nitrogens with zero attached hydrogens (tertiary/aromatic N) is 2. The number of carbonyl (C=O) groups is 2. The highest BCUT2D eigenvalue weighted by atomic mass is 19.1. The Morgan fingerprint density at radius 1 is 0.759 bits per heavy atom. The molecule has 4 aromatic rings. The van der Waals surface area contributed by atoms with Crippen molar-refractivity contribution in [2.45, 2.75) is 0 Å². The molecule has 0 aliphatic carbocycles. The van der Waals surface area contributed by atoms with Gasteiger partial charge in [0.2, 0.25) is 0 Å². The van der Waals surface area contributed by atoms with Crippen LogP contribution in [0, 0.1) is 11.6 Å². The lowest BCUT2D eigenvalue weighted by atomic mass is 10.0. The third-order valence-electron chi connectivity index (χ3n) is 4.31. The van der Waals surface area contributed by atoms with E-state index in [0.717, 1.165) is 18.2 Å². The third-order valence-corrected chi connectivity index (χ3v) is 4.31. The van der Waals surface area contributed by atoms with Crippen LogP contribution in [0.25, 0.3) is 11.0 Å². The molecule has 0 aliphatic heterocycles. The Bertz CT molecular complexity index is 1240. The molecule has 1 amide bonds. The molecule has 0 saturated heterocycles. The zero-order valence-corrected chi connectivity index (χ0v) is 14.9. The molecule has 0 fully saturated rings. The summed E-state index contributed by atoms with van der Waals surface area (Å²) in [7, 11) is 0. The average Bonchev–Trinajstić information content (AvgIpc) is 2.74. The van der Waals surface area contributed by atoms with Crippen LogP contribution in [0.15, 0.2) is 73.1 Å². The van der Waals surface area contributed by atoms with E-state index in [1.54, 1.807) is 12.1 Å². The first-order valence-electron chi connectivity index (χ1n) is 8.63. The molecule has 5 nitrogen and oxygen atoms in total. The molecule has 1 N–H and O–H groups in total. The number of aromatic nitrogens is 2. The molecule has 142 valence electrons. The second-order valence-electron chi connectivity index (χ2n) is 6.24. The first-order chi connectivity index (χ1) is 14.0. The number of anilines is 1. The number of benzene rings is 3. The number of halogens is 2. The van der Waals surface area contributed by atoms with Crippen LogP contribution in [-0.2, 0) is 0 Å². The molecule has 0 radical (unpaired) electrons. The lowest BCUT2D eigenvalue weighted by molar-refractivity contribution is 0.102. The summed E-state index contributed by atoms with van der Waals surface area (Å²) >= 11 is 0. The zero-order valence-electron chi connectivity index (χ0n) is 14.9. The van der Waals surface area contributed by atoms with E-state index in [0.29, 0.717) is 11.0 Å². The van der Waals surface area contributed by atoms with Gasteiger partial charge in [-0.25, -0.2) is 8.78 Å². The van der Waals surface area contributed by atoms with Gasteiger partial charge in [-0.1, -0.05) is 0 Å². The van der Waals surface area contributed by atoms with E-state index in [9.17, 15) is 18.4 Å². The largest absolute Gasteiger partial charge is 0.322 e. The maximum Gasteiger partial charge on any atom is 0.255 e. The molecule has 7 heteroatoms. The summed E-state index contributed by atoms with van der Waals surface area (Å²) in [5, 5.41) is 2.58. The number of ketones is 1. The maximum absolute atomic E-state index is 14.3. The van der Waals surface area contributed by atoms with Crippen LogP contribution in [0.2, 0.25) is 0 Å². The van der Waals surface area contributed by atoms with Crippen molar-refractivity contribution in [3.8, 4) is 0 Å². The Kier molecular flexibility index (Phi) is 4.78. The Labute approximate surface area is 164 Å². The van der Waals surface area contributed by atoms with Crippen LogP contribution in [-0.4, -0.2) is 21.7 Å². The zero-order chi connectivity index (χ0) is 20.4. The van der Waals surface area contributed by atoms with Gasteiger partial charge >= 0.3 is 0 Å². The first kappa shape index (κ1) is 18.4. The molecular weight excluding hydrogens is 376 g/mol. The average molecular weight is 389 g/mol. The van der Waals surface area contributed by atoms with E-state index in [1.807, 2.05) is 0 Å². The van der Waals surface area contributed by atoms with Gasteiger partial charge in [-0.3, -0.25) is 19.6 Å². The Hall–Kier alpha value is -4.00. The topological polar surface area (TPSA) is 72.0 Å². The third kappa shape index (κ3) is 3.84. The standard InChI is InChI=1S/C22H13F2N3O2/c23-15-4-1-13(2-5-15)22(29)27-16-6-7-18(24)17(12-16)21(28)14-3-8-19-20(11-14)26-10-9-25-19/h1-12H,(H,27,29). The lowest BCUT2D eigenvalue weighted by Gasteiger charge is -2.09. The van der Waals surface area contributed by atoms with Gasteiger partial charge in [0.25, 0.3) is 5.91 Å². The van der Waals surface area contributed by atoms with Crippen molar-refractivity contribution >= 4 is 28.4 Å². The highest BCUT2D eigenvalue weighted by molar-refractivity contribution is 6.11. The van der Waals surface area contributed by atoms with Crippen LogP contribution in [0.4, 0.5) is 14.5 Å². The van der Waals surface area contributed by atoms with E-state index >= 15 is 0 Å². The molecule has 29 heavy (non-hydrogen) atoms. The molecule has 1 aromatic heterocycles. The predicted molar refractivity (Wildman–Crippen MR) is 104 cm³/mol. The van der Waals surface area contributed by atoms with Crippen molar-refractivity contribution in [3.63, 3.8) is 0 Å². The predicted octanol–water partition coefficient (Wildman–Crippen LogP) is 4.39.